The number of hydrogen-bond acceptors (Lipinski definition) is 8. The van der Waals surface area contributed by atoms with Crippen molar-refractivity contribution >= 4 is 37.4 Å². The molecular weight excluding hydrogens is 271 g/mol. The number of esters is 1. The second kappa shape index (κ2) is 7.39. The van der Waals surface area contributed by atoms with Gasteiger partial charge in [-0.15, -0.1) is 5.06 Å². The highest BCUT2D eigenvalue weighted by Crippen LogP contribution is 2.13. The standard InChI is InChI=1S/C10H13BN2O7/c1-19-9(17)4-6(12-11-5-14)10(18)20-13-7(15)2-3-8(13)16/h5-6,11-12H,2-4H2,1H3/t6-/m1/s1. The molecule has 1 atom stereocenters. The van der Waals surface area contributed by atoms with Crippen molar-refractivity contribution in [2.24, 2.45) is 0 Å². The maximum atomic E-state index is 11.8. The number of nitrogens with one attached hydrogen (secondary N) is 1. The molecule has 0 bridgehead atoms. The molecule has 0 aliphatic carbocycles. The predicted octanol–water partition coefficient (Wildman–Crippen LogP) is -2.34. The Morgan fingerprint density at radius 2 is 2.00 bits per heavy atom. The number of methoxy groups -OCH3 is 1. The van der Waals surface area contributed by atoms with Crippen LogP contribution in [0.15, 0.2) is 0 Å². The molecule has 1 N–H and O–H groups in total. The summed E-state index contributed by atoms with van der Waals surface area (Å²) in [6, 6.07) is -1.19. The number of nitrogens with zero attached hydrogens (tertiary/aromatic N) is 1. The summed E-state index contributed by atoms with van der Waals surface area (Å²) in [6.07, 6.45) is 0.0359. The van der Waals surface area contributed by atoms with Gasteiger partial charge in [0.25, 0.3) is 19.2 Å². The van der Waals surface area contributed by atoms with E-state index in [1.165, 1.54) is 0 Å². The Hall–Kier alpha value is -2.23. The smallest absolute Gasteiger partial charge is 0.349 e. The first-order valence-electron chi connectivity index (χ1n) is 5.81. The number of carbonyl (C=O) groups excluding carboxylic acids is 5. The Labute approximate surface area is 114 Å². The minimum absolute atomic E-state index is 0.0322. The van der Waals surface area contributed by atoms with Crippen LogP contribution < -0.4 is 5.23 Å². The lowest BCUT2D eigenvalue weighted by Gasteiger charge is -2.18. The first-order valence-corrected chi connectivity index (χ1v) is 5.81. The van der Waals surface area contributed by atoms with Crippen LogP contribution in [0.2, 0.25) is 0 Å². The summed E-state index contributed by atoms with van der Waals surface area (Å²) in [7, 11) is 0.941. The van der Waals surface area contributed by atoms with Crippen molar-refractivity contribution in [3.63, 3.8) is 0 Å². The summed E-state index contributed by atoms with van der Waals surface area (Å²) >= 11 is 0. The van der Waals surface area contributed by atoms with E-state index in [9.17, 15) is 24.0 Å². The van der Waals surface area contributed by atoms with E-state index in [1.807, 2.05) is 0 Å². The van der Waals surface area contributed by atoms with Crippen molar-refractivity contribution < 1.29 is 33.5 Å². The summed E-state index contributed by atoms with van der Waals surface area (Å²) in [4.78, 5) is 60.5. The van der Waals surface area contributed by atoms with Crippen LogP contribution >= 0.6 is 0 Å². The van der Waals surface area contributed by atoms with E-state index in [0.717, 1.165) is 7.11 Å². The third-order valence-corrected chi connectivity index (χ3v) is 2.52. The van der Waals surface area contributed by atoms with Gasteiger partial charge < -0.3 is 19.6 Å². The zero-order valence-electron chi connectivity index (χ0n) is 10.8. The van der Waals surface area contributed by atoms with Crippen LogP contribution in [0.4, 0.5) is 0 Å². The van der Waals surface area contributed by atoms with Gasteiger partial charge in [-0.1, -0.05) is 0 Å². The van der Waals surface area contributed by atoms with Crippen molar-refractivity contribution in [1.29, 1.82) is 0 Å². The molecule has 0 aromatic rings. The molecule has 10 heteroatoms. The number of carbonyl (C=O) groups is 5. The molecule has 0 unspecified atom stereocenters. The molecule has 1 heterocycles. The lowest BCUT2D eigenvalue weighted by molar-refractivity contribution is -0.199. The molecule has 1 aliphatic heterocycles. The van der Waals surface area contributed by atoms with Gasteiger partial charge in [-0.3, -0.25) is 14.4 Å². The average Bonchev–Trinajstić information content (AvgIpc) is 2.74. The molecule has 0 aromatic carbocycles. The number of imide groups is 1. The molecule has 0 aromatic heterocycles. The Balaban J connectivity index is 2.66. The van der Waals surface area contributed by atoms with Crippen molar-refractivity contribution in [3.05, 3.63) is 0 Å². The van der Waals surface area contributed by atoms with E-state index in [2.05, 4.69) is 14.8 Å². The molecule has 20 heavy (non-hydrogen) atoms. The Morgan fingerprint density at radius 3 is 2.50 bits per heavy atom. The van der Waals surface area contributed by atoms with Crippen molar-refractivity contribution in [3.8, 4) is 0 Å². The summed E-state index contributed by atoms with van der Waals surface area (Å²) in [6.45, 7) is 0. The second-order valence-electron chi connectivity index (χ2n) is 3.90. The lowest BCUT2D eigenvalue weighted by atomic mass is 9.96. The fourth-order valence-electron chi connectivity index (χ4n) is 1.49. The number of hydrogen-bond donors (Lipinski definition) is 1. The molecule has 9 nitrogen and oxygen atoms in total. The maximum Gasteiger partial charge on any atom is 0.349 e. The normalized spacial score (nSPS) is 15.8. The molecular formula is C10H13BN2O7. The minimum atomic E-state index is -1.19. The first-order chi connectivity index (χ1) is 9.49. The topological polar surface area (TPSA) is 119 Å². The summed E-state index contributed by atoms with van der Waals surface area (Å²) in [5.74, 6) is -2.98. The van der Waals surface area contributed by atoms with Crippen LogP contribution in [0.25, 0.3) is 0 Å². The molecule has 2 amide bonds. The Morgan fingerprint density at radius 1 is 1.40 bits per heavy atom. The van der Waals surface area contributed by atoms with Gasteiger partial charge in [0.15, 0.2) is 0 Å². The number of rotatable bonds is 7. The highest BCUT2D eigenvalue weighted by molar-refractivity contribution is 6.64. The molecule has 0 saturated carbocycles. The minimum Gasteiger partial charge on any atom is -0.469 e. The highest BCUT2D eigenvalue weighted by atomic mass is 16.7. The van der Waals surface area contributed by atoms with Gasteiger partial charge in [0.1, 0.15) is 6.04 Å². The van der Waals surface area contributed by atoms with E-state index in [1.54, 1.807) is 0 Å². The molecule has 1 saturated heterocycles. The molecule has 1 fully saturated rings. The molecule has 1 rings (SSSR count). The van der Waals surface area contributed by atoms with Crippen LogP contribution in [0.1, 0.15) is 19.3 Å². The highest BCUT2D eigenvalue weighted by Gasteiger charge is 2.35. The van der Waals surface area contributed by atoms with Crippen LogP contribution in [0, 0.1) is 0 Å². The van der Waals surface area contributed by atoms with E-state index in [4.69, 9.17) is 0 Å². The van der Waals surface area contributed by atoms with E-state index >= 15 is 0 Å². The summed E-state index contributed by atoms with van der Waals surface area (Å²) in [5.41, 5.74) is 0. The van der Waals surface area contributed by atoms with Gasteiger partial charge in [0.05, 0.1) is 19.7 Å². The summed E-state index contributed by atoms with van der Waals surface area (Å²) in [5, 5.41) is 2.82. The number of amides is 2. The predicted molar refractivity (Wildman–Crippen MR) is 64.6 cm³/mol. The van der Waals surface area contributed by atoms with E-state index in [0.29, 0.717) is 11.2 Å². The SMILES string of the molecule is COC(=O)C[C@@H](NBC=O)C(=O)ON1C(=O)CCC1=O. The van der Waals surface area contributed by atoms with Gasteiger partial charge in [-0.2, -0.15) is 0 Å². The van der Waals surface area contributed by atoms with Crippen molar-refractivity contribution in [2.45, 2.75) is 25.3 Å². The Bertz CT molecular complexity index is 423. The lowest BCUT2D eigenvalue weighted by Crippen LogP contribution is -2.46. The van der Waals surface area contributed by atoms with Crippen LogP contribution in [-0.2, 0) is 33.5 Å². The molecule has 108 valence electrons. The van der Waals surface area contributed by atoms with Crippen LogP contribution in [-0.4, -0.2) is 55.6 Å². The van der Waals surface area contributed by atoms with Crippen LogP contribution in [0.3, 0.4) is 0 Å². The van der Waals surface area contributed by atoms with Gasteiger partial charge in [-0.05, 0) is 0 Å². The monoisotopic (exact) mass is 284 g/mol. The molecule has 1 aliphatic rings. The third kappa shape index (κ3) is 4.16. The van der Waals surface area contributed by atoms with Gasteiger partial charge in [-0.25, -0.2) is 4.79 Å². The Kier molecular flexibility index (Phi) is 5.85. The van der Waals surface area contributed by atoms with Crippen molar-refractivity contribution in [2.75, 3.05) is 7.11 Å². The van der Waals surface area contributed by atoms with E-state index in [-0.39, 0.29) is 26.7 Å². The zero-order valence-corrected chi connectivity index (χ0v) is 10.8. The fraction of sp³-hybridized carbons (Fsp3) is 0.500. The fourth-order valence-corrected chi connectivity index (χ4v) is 1.49. The average molecular weight is 284 g/mol. The van der Waals surface area contributed by atoms with Gasteiger partial charge >= 0.3 is 11.9 Å². The maximum absolute atomic E-state index is 11.8. The quantitative estimate of drug-likeness (QED) is 0.239. The molecule has 0 spiro atoms. The number of hydroxylamine groups is 2. The zero-order chi connectivity index (χ0) is 15.1. The second-order valence-corrected chi connectivity index (χ2v) is 3.90. The van der Waals surface area contributed by atoms with Crippen molar-refractivity contribution in [1.82, 2.24) is 10.3 Å². The van der Waals surface area contributed by atoms with Gasteiger partial charge in [0.2, 0.25) is 0 Å². The van der Waals surface area contributed by atoms with Crippen LogP contribution in [0.5, 0.6) is 0 Å². The largest absolute Gasteiger partial charge is 0.469 e. The summed E-state index contributed by atoms with van der Waals surface area (Å²) < 4.78 is 4.40. The number of ether oxygens (including phenoxy) is 1. The van der Waals surface area contributed by atoms with E-state index < -0.39 is 29.8 Å². The molecule has 0 radical (unpaired) electrons. The van der Waals surface area contributed by atoms with Gasteiger partial charge in [0, 0.05) is 12.8 Å². The third-order valence-electron chi connectivity index (χ3n) is 2.52. The first kappa shape index (κ1) is 15.8.